The predicted molar refractivity (Wildman–Crippen MR) is 102 cm³/mol. The number of nitrogens with zero attached hydrogens (tertiary/aromatic N) is 3. The lowest BCUT2D eigenvalue weighted by Gasteiger charge is -2.20. The molecule has 1 aromatic rings. The maximum Gasteiger partial charge on any atom is 0.190 e. The lowest BCUT2D eigenvalue weighted by Crippen LogP contribution is -2.39. The van der Waals surface area contributed by atoms with Crippen LogP contribution in [0.25, 0.3) is 0 Å². The molecule has 0 unspecified atom stereocenters. The van der Waals surface area contributed by atoms with E-state index in [0.717, 1.165) is 31.9 Å². The number of rotatable bonds is 7. The second kappa shape index (κ2) is 11.3. The zero-order valence-electron chi connectivity index (χ0n) is 14.7. The molecule has 2 rings (SSSR count). The molecular formula is C18H30ClN5. The minimum atomic E-state index is 0.536. The third kappa shape index (κ3) is 7.49. The Kier molecular flexibility index (Phi) is 8.92. The highest BCUT2D eigenvalue weighted by atomic mass is 35.5. The molecule has 2 heterocycles. The van der Waals surface area contributed by atoms with Crippen molar-refractivity contribution in [2.75, 3.05) is 39.8 Å². The molecule has 0 amide bonds. The molecule has 0 aliphatic carbocycles. The average molecular weight is 352 g/mol. The Morgan fingerprint density at radius 3 is 2.58 bits per heavy atom. The van der Waals surface area contributed by atoms with Crippen LogP contribution < -0.4 is 10.6 Å². The maximum atomic E-state index is 5.80. The van der Waals surface area contributed by atoms with Crippen molar-refractivity contribution < 1.29 is 0 Å². The van der Waals surface area contributed by atoms with Crippen molar-refractivity contribution in [2.45, 2.75) is 38.5 Å². The first kappa shape index (κ1) is 19.0. The Bertz CT molecular complexity index is 481. The normalized spacial score (nSPS) is 16.7. The molecule has 1 aliphatic heterocycles. The quantitative estimate of drug-likeness (QED) is 0.343. The van der Waals surface area contributed by atoms with Crippen LogP contribution in [0.1, 0.15) is 37.7 Å². The highest BCUT2D eigenvalue weighted by molar-refractivity contribution is 6.29. The Morgan fingerprint density at radius 2 is 1.92 bits per heavy atom. The molecule has 134 valence electrons. The first-order valence-electron chi connectivity index (χ1n) is 9.05. The van der Waals surface area contributed by atoms with Gasteiger partial charge in [0.15, 0.2) is 5.96 Å². The van der Waals surface area contributed by atoms with Gasteiger partial charge in [0, 0.05) is 26.3 Å². The molecule has 5 nitrogen and oxygen atoms in total. The van der Waals surface area contributed by atoms with Crippen LogP contribution in [0, 0.1) is 0 Å². The molecule has 1 aromatic heterocycles. The second-order valence-corrected chi connectivity index (χ2v) is 6.66. The summed E-state index contributed by atoms with van der Waals surface area (Å²) in [5.74, 6) is 0.868. The first-order valence-corrected chi connectivity index (χ1v) is 9.43. The van der Waals surface area contributed by atoms with E-state index in [4.69, 9.17) is 11.6 Å². The third-order valence-corrected chi connectivity index (χ3v) is 4.58. The summed E-state index contributed by atoms with van der Waals surface area (Å²) in [7, 11) is 1.81. The van der Waals surface area contributed by atoms with Gasteiger partial charge < -0.3 is 15.5 Å². The molecule has 0 saturated carbocycles. The van der Waals surface area contributed by atoms with Crippen LogP contribution in [0.5, 0.6) is 0 Å². The minimum absolute atomic E-state index is 0.536. The summed E-state index contributed by atoms with van der Waals surface area (Å²) in [5.41, 5.74) is 1.17. The number of halogens is 1. The standard InChI is InChI=1S/C18H30ClN5/c1-20-18(22-11-9-16-7-8-17(19)23-15-16)21-10-6-14-24-12-4-2-3-5-13-24/h7-8,15H,2-6,9-14H2,1H3,(H2,20,21,22). The van der Waals surface area contributed by atoms with Crippen LogP contribution in [0.2, 0.25) is 5.15 Å². The highest BCUT2D eigenvalue weighted by Gasteiger charge is 2.08. The van der Waals surface area contributed by atoms with Crippen LogP contribution in [-0.2, 0) is 6.42 Å². The van der Waals surface area contributed by atoms with Gasteiger partial charge in [-0.1, -0.05) is 30.5 Å². The van der Waals surface area contributed by atoms with E-state index >= 15 is 0 Å². The largest absolute Gasteiger partial charge is 0.356 e. The van der Waals surface area contributed by atoms with Crippen molar-refractivity contribution in [3.8, 4) is 0 Å². The van der Waals surface area contributed by atoms with Crippen molar-refractivity contribution in [1.82, 2.24) is 20.5 Å². The maximum absolute atomic E-state index is 5.80. The summed E-state index contributed by atoms with van der Waals surface area (Å²) in [6, 6.07) is 3.83. The van der Waals surface area contributed by atoms with Gasteiger partial charge in [0.25, 0.3) is 0 Å². The Hall–Kier alpha value is -1.33. The number of aliphatic imine (C=N–C) groups is 1. The summed E-state index contributed by atoms with van der Waals surface area (Å²) in [4.78, 5) is 11.0. The van der Waals surface area contributed by atoms with E-state index in [1.807, 2.05) is 25.4 Å². The van der Waals surface area contributed by atoms with Gasteiger partial charge in [0.2, 0.25) is 0 Å². The summed E-state index contributed by atoms with van der Waals surface area (Å²) < 4.78 is 0. The first-order chi connectivity index (χ1) is 11.8. The van der Waals surface area contributed by atoms with Crippen LogP contribution in [0.15, 0.2) is 23.3 Å². The molecule has 0 aromatic carbocycles. The molecule has 24 heavy (non-hydrogen) atoms. The smallest absolute Gasteiger partial charge is 0.190 e. The SMILES string of the molecule is CN=C(NCCCN1CCCCCC1)NCCc1ccc(Cl)nc1. The molecule has 0 atom stereocenters. The number of pyridine rings is 1. The molecule has 0 radical (unpaired) electrons. The van der Waals surface area contributed by atoms with Gasteiger partial charge in [-0.25, -0.2) is 4.98 Å². The molecule has 0 spiro atoms. The Labute approximate surface area is 150 Å². The average Bonchev–Trinajstić information content (AvgIpc) is 2.87. The van der Waals surface area contributed by atoms with Crippen molar-refractivity contribution in [3.63, 3.8) is 0 Å². The summed E-state index contributed by atoms with van der Waals surface area (Å²) in [6.07, 6.45) is 9.39. The van der Waals surface area contributed by atoms with E-state index in [0.29, 0.717) is 5.15 Å². The second-order valence-electron chi connectivity index (χ2n) is 6.27. The number of likely N-dealkylation sites (tertiary alicyclic amines) is 1. The van der Waals surface area contributed by atoms with Gasteiger partial charge >= 0.3 is 0 Å². The number of hydrogen-bond donors (Lipinski definition) is 2. The van der Waals surface area contributed by atoms with Crippen molar-refractivity contribution >= 4 is 17.6 Å². The molecule has 1 saturated heterocycles. The molecule has 1 aliphatic rings. The minimum Gasteiger partial charge on any atom is -0.356 e. The number of aromatic nitrogens is 1. The Morgan fingerprint density at radius 1 is 1.17 bits per heavy atom. The molecule has 2 N–H and O–H groups in total. The van der Waals surface area contributed by atoms with E-state index < -0.39 is 0 Å². The van der Waals surface area contributed by atoms with E-state index in [2.05, 4.69) is 25.5 Å². The molecule has 0 bridgehead atoms. The van der Waals surface area contributed by atoms with Crippen molar-refractivity contribution in [1.29, 1.82) is 0 Å². The van der Waals surface area contributed by atoms with E-state index in [-0.39, 0.29) is 0 Å². The molecule has 1 fully saturated rings. The number of nitrogens with one attached hydrogen (secondary N) is 2. The zero-order chi connectivity index (χ0) is 17.0. The summed E-state index contributed by atoms with van der Waals surface area (Å²) in [5, 5.41) is 7.28. The van der Waals surface area contributed by atoms with Crippen LogP contribution >= 0.6 is 11.6 Å². The van der Waals surface area contributed by atoms with Crippen LogP contribution in [0.4, 0.5) is 0 Å². The molecular weight excluding hydrogens is 322 g/mol. The van der Waals surface area contributed by atoms with Crippen molar-refractivity contribution in [3.05, 3.63) is 29.0 Å². The van der Waals surface area contributed by atoms with Gasteiger partial charge in [-0.3, -0.25) is 4.99 Å². The lowest BCUT2D eigenvalue weighted by atomic mass is 10.2. The fourth-order valence-corrected chi connectivity index (χ4v) is 3.08. The molecule has 6 heteroatoms. The van der Waals surface area contributed by atoms with Gasteiger partial charge in [0.1, 0.15) is 5.15 Å². The highest BCUT2D eigenvalue weighted by Crippen LogP contribution is 2.09. The number of hydrogen-bond acceptors (Lipinski definition) is 3. The van der Waals surface area contributed by atoms with E-state index in [1.165, 1.54) is 50.9 Å². The van der Waals surface area contributed by atoms with E-state index in [1.54, 1.807) is 0 Å². The summed E-state index contributed by atoms with van der Waals surface area (Å²) in [6.45, 7) is 5.50. The Balaban J connectivity index is 1.57. The van der Waals surface area contributed by atoms with Crippen molar-refractivity contribution in [2.24, 2.45) is 4.99 Å². The number of guanidine groups is 1. The van der Waals surface area contributed by atoms with E-state index in [9.17, 15) is 0 Å². The monoisotopic (exact) mass is 351 g/mol. The van der Waals surface area contributed by atoms with Crippen LogP contribution in [-0.4, -0.2) is 55.6 Å². The topological polar surface area (TPSA) is 52.6 Å². The zero-order valence-corrected chi connectivity index (χ0v) is 15.5. The fourth-order valence-electron chi connectivity index (χ4n) is 2.97. The predicted octanol–water partition coefficient (Wildman–Crippen LogP) is 2.71. The fraction of sp³-hybridized carbons (Fsp3) is 0.667. The lowest BCUT2D eigenvalue weighted by molar-refractivity contribution is 0.282. The van der Waals surface area contributed by atoms with Gasteiger partial charge in [-0.05, 0) is 56.9 Å². The summed E-state index contributed by atoms with van der Waals surface area (Å²) >= 11 is 5.80. The third-order valence-electron chi connectivity index (χ3n) is 4.36. The van der Waals surface area contributed by atoms with Gasteiger partial charge in [0.05, 0.1) is 0 Å². The van der Waals surface area contributed by atoms with Gasteiger partial charge in [-0.15, -0.1) is 0 Å². The van der Waals surface area contributed by atoms with Crippen LogP contribution in [0.3, 0.4) is 0 Å². The van der Waals surface area contributed by atoms with Gasteiger partial charge in [-0.2, -0.15) is 0 Å².